The van der Waals surface area contributed by atoms with E-state index in [4.69, 9.17) is 15.2 Å². The molecule has 0 aliphatic rings. The van der Waals surface area contributed by atoms with Gasteiger partial charge in [0.1, 0.15) is 0 Å². The first kappa shape index (κ1) is 16.4. The van der Waals surface area contributed by atoms with Gasteiger partial charge in [-0.05, 0) is 24.6 Å². The Balaban J connectivity index is 2.92. The Kier molecular flexibility index (Phi) is 7.38. The number of anilines is 1. The van der Waals surface area contributed by atoms with Gasteiger partial charge < -0.3 is 20.1 Å². The minimum atomic E-state index is 0.288. The normalized spacial score (nSPS) is 12.5. The Labute approximate surface area is 124 Å². The number of nitrogens with zero attached hydrogens (tertiary/aromatic N) is 1. The Bertz CT molecular complexity index is 388. The summed E-state index contributed by atoms with van der Waals surface area (Å²) in [6, 6.07) is 6.54. The molecule has 1 unspecified atom stereocenters. The molecular formula is C14H23BrN2O2. The fourth-order valence-electron chi connectivity index (χ4n) is 2.01. The van der Waals surface area contributed by atoms with Crippen LogP contribution in [0, 0.1) is 0 Å². The SMILES string of the molecule is COCCN(c1ccc(CN)c(Br)c1)C(C)COC. The lowest BCUT2D eigenvalue weighted by molar-refractivity contribution is 0.171. The highest BCUT2D eigenvalue weighted by atomic mass is 79.9. The Hall–Kier alpha value is -0.620. The van der Waals surface area contributed by atoms with Crippen LogP contribution < -0.4 is 10.6 Å². The highest BCUT2D eigenvalue weighted by Crippen LogP contribution is 2.25. The molecule has 108 valence electrons. The van der Waals surface area contributed by atoms with Gasteiger partial charge in [0.25, 0.3) is 0 Å². The zero-order valence-corrected chi connectivity index (χ0v) is 13.4. The molecule has 2 N–H and O–H groups in total. The van der Waals surface area contributed by atoms with E-state index in [1.54, 1.807) is 14.2 Å². The van der Waals surface area contributed by atoms with Crippen molar-refractivity contribution in [2.45, 2.75) is 19.5 Å². The van der Waals surface area contributed by atoms with Crippen LogP contribution in [-0.2, 0) is 16.0 Å². The van der Waals surface area contributed by atoms with Gasteiger partial charge in [0, 0.05) is 43.5 Å². The second kappa shape index (κ2) is 8.53. The fourth-order valence-corrected chi connectivity index (χ4v) is 2.53. The molecule has 1 rings (SSSR count). The number of ether oxygens (including phenoxy) is 2. The molecule has 0 fully saturated rings. The number of hydrogen-bond donors (Lipinski definition) is 1. The summed E-state index contributed by atoms with van der Waals surface area (Å²) in [5, 5.41) is 0. The van der Waals surface area contributed by atoms with Gasteiger partial charge in [-0.2, -0.15) is 0 Å². The van der Waals surface area contributed by atoms with Gasteiger partial charge in [0.15, 0.2) is 0 Å². The maximum atomic E-state index is 5.68. The molecule has 0 bridgehead atoms. The van der Waals surface area contributed by atoms with Crippen LogP contribution in [0.2, 0.25) is 0 Å². The van der Waals surface area contributed by atoms with Gasteiger partial charge in [-0.3, -0.25) is 0 Å². The molecule has 0 aliphatic carbocycles. The summed E-state index contributed by atoms with van der Waals surface area (Å²) in [5.41, 5.74) is 7.93. The average Bonchev–Trinajstić information content (AvgIpc) is 2.39. The van der Waals surface area contributed by atoms with Crippen molar-refractivity contribution in [3.8, 4) is 0 Å². The van der Waals surface area contributed by atoms with Crippen molar-refractivity contribution in [3.05, 3.63) is 28.2 Å². The summed E-state index contributed by atoms with van der Waals surface area (Å²) in [6.07, 6.45) is 0. The van der Waals surface area contributed by atoms with Gasteiger partial charge in [-0.1, -0.05) is 22.0 Å². The lowest BCUT2D eigenvalue weighted by Crippen LogP contribution is -2.38. The van der Waals surface area contributed by atoms with Crippen LogP contribution in [0.5, 0.6) is 0 Å². The predicted molar refractivity (Wildman–Crippen MR) is 82.6 cm³/mol. The van der Waals surface area contributed by atoms with Crippen LogP contribution in [0.15, 0.2) is 22.7 Å². The highest BCUT2D eigenvalue weighted by molar-refractivity contribution is 9.10. The zero-order valence-electron chi connectivity index (χ0n) is 11.9. The molecule has 0 heterocycles. The van der Waals surface area contributed by atoms with E-state index in [9.17, 15) is 0 Å². The summed E-state index contributed by atoms with van der Waals surface area (Å²) >= 11 is 3.56. The number of nitrogens with two attached hydrogens (primary N) is 1. The van der Waals surface area contributed by atoms with Gasteiger partial charge in [0.05, 0.1) is 13.2 Å². The summed E-state index contributed by atoms with van der Waals surface area (Å²) in [6.45, 7) is 4.87. The van der Waals surface area contributed by atoms with Crippen LogP contribution in [0.4, 0.5) is 5.69 Å². The molecule has 0 aliphatic heterocycles. The van der Waals surface area contributed by atoms with E-state index < -0.39 is 0 Å². The van der Waals surface area contributed by atoms with E-state index in [0.717, 1.165) is 22.3 Å². The first-order valence-corrected chi connectivity index (χ1v) is 7.16. The van der Waals surface area contributed by atoms with E-state index in [1.165, 1.54) is 0 Å². The minimum absolute atomic E-state index is 0.288. The minimum Gasteiger partial charge on any atom is -0.383 e. The summed E-state index contributed by atoms with van der Waals surface area (Å²) in [7, 11) is 3.44. The van der Waals surface area contributed by atoms with E-state index >= 15 is 0 Å². The van der Waals surface area contributed by atoms with E-state index in [-0.39, 0.29) is 6.04 Å². The smallest absolute Gasteiger partial charge is 0.0663 e. The Morgan fingerprint density at radius 3 is 2.58 bits per heavy atom. The van der Waals surface area contributed by atoms with E-state index in [1.807, 2.05) is 0 Å². The van der Waals surface area contributed by atoms with Crippen LogP contribution in [0.1, 0.15) is 12.5 Å². The van der Waals surface area contributed by atoms with E-state index in [2.05, 4.69) is 46.0 Å². The van der Waals surface area contributed by atoms with Crippen LogP contribution in [0.25, 0.3) is 0 Å². The van der Waals surface area contributed by atoms with Crippen molar-refractivity contribution in [1.82, 2.24) is 0 Å². The standard InChI is InChI=1S/C14H23BrN2O2/c1-11(10-19-3)17(6-7-18-2)13-5-4-12(9-16)14(15)8-13/h4-5,8,11H,6-7,9-10,16H2,1-3H3. The summed E-state index contributed by atoms with van der Waals surface area (Å²) < 4.78 is 11.5. The summed E-state index contributed by atoms with van der Waals surface area (Å²) in [5.74, 6) is 0. The third-order valence-electron chi connectivity index (χ3n) is 3.06. The van der Waals surface area contributed by atoms with Crippen LogP contribution in [-0.4, -0.2) is 40.0 Å². The maximum Gasteiger partial charge on any atom is 0.0663 e. The molecule has 4 nitrogen and oxygen atoms in total. The topological polar surface area (TPSA) is 47.7 Å². The maximum absolute atomic E-state index is 5.68. The van der Waals surface area contributed by atoms with Crippen LogP contribution >= 0.6 is 15.9 Å². The second-order valence-corrected chi connectivity index (χ2v) is 5.32. The van der Waals surface area contributed by atoms with Gasteiger partial charge in [-0.25, -0.2) is 0 Å². The molecule has 5 heteroatoms. The first-order chi connectivity index (χ1) is 9.13. The Morgan fingerprint density at radius 1 is 1.32 bits per heavy atom. The molecular weight excluding hydrogens is 308 g/mol. The predicted octanol–water partition coefficient (Wildman–Crippen LogP) is 2.40. The second-order valence-electron chi connectivity index (χ2n) is 4.47. The van der Waals surface area contributed by atoms with E-state index in [0.29, 0.717) is 19.8 Å². The van der Waals surface area contributed by atoms with Gasteiger partial charge in [0.2, 0.25) is 0 Å². The molecule has 1 atom stereocenters. The molecule has 0 aromatic heterocycles. The molecule has 0 saturated heterocycles. The molecule has 0 spiro atoms. The zero-order chi connectivity index (χ0) is 14.3. The fraction of sp³-hybridized carbons (Fsp3) is 0.571. The van der Waals surface area contributed by atoms with Crippen LogP contribution in [0.3, 0.4) is 0 Å². The van der Waals surface area contributed by atoms with Crippen molar-refractivity contribution in [2.75, 3.05) is 38.9 Å². The van der Waals surface area contributed by atoms with Crippen molar-refractivity contribution in [3.63, 3.8) is 0 Å². The number of hydrogen-bond acceptors (Lipinski definition) is 4. The quantitative estimate of drug-likeness (QED) is 0.795. The molecule has 0 radical (unpaired) electrons. The number of rotatable bonds is 8. The number of methoxy groups -OCH3 is 2. The lowest BCUT2D eigenvalue weighted by atomic mass is 10.1. The Morgan fingerprint density at radius 2 is 2.05 bits per heavy atom. The van der Waals surface area contributed by atoms with Crippen molar-refractivity contribution >= 4 is 21.6 Å². The highest BCUT2D eigenvalue weighted by Gasteiger charge is 2.15. The van der Waals surface area contributed by atoms with Crippen molar-refractivity contribution in [2.24, 2.45) is 5.73 Å². The molecule has 0 saturated carbocycles. The third-order valence-corrected chi connectivity index (χ3v) is 3.80. The molecule has 19 heavy (non-hydrogen) atoms. The largest absolute Gasteiger partial charge is 0.383 e. The average molecular weight is 331 g/mol. The summed E-state index contributed by atoms with van der Waals surface area (Å²) in [4.78, 5) is 2.28. The first-order valence-electron chi connectivity index (χ1n) is 6.37. The molecule has 1 aromatic carbocycles. The number of halogens is 1. The number of benzene rings is 1. The van der Waals surface area contributed by atoms with Crippen molar-refractivity contribution in [1.29, 1.82) is 0 Å². The lowest BCUT2D eigenvalue weighted by Gasteiger charge is -2.31. The van der Waals surface area contributed by atoms with Gasteiger partial charge in [-0.15, -0.1) is 0 Å². The monoisotopic (exact) mass is 330 g/mol. The molecule has 0 amide bonds. The third kappa shape index (κ3) is 4.76. The van der Waals surface area contributed by atoms with Crippen molar-refractivity contribution < 1.29 is 9.47 Å². The van der Waals surface area contributed by atoms with Gasteiger partial charge >= 0.3 is 0 Å². The molecule has 1 aromatic rings.